The number of ether oxygens (including phenoxy) is 1. The summed E-state index contributed by atoms with van der Waals surface area (Å²) in [6.07, 6.45) is 3.02. The van der Waals surface area contributed by atoms with E-state index in [4.69, 9.17) is 4.74 Å². The molecule has 2 bridgehead atoms. The normalized spacial score (nSPS) is 25.7. The molecule has 5 rings (SSSR count). The molecule has 4 atom stereocenters. The van der Waals surface area contributed by atoms with E-state index in [1.807, 2.05) is 6.92 Å². The van der Waals surface area contributed by atoms with Gasteiger partial charge in [-0.05, 0) is 61.6 Å². The minimum absolute atomic E-state index is 0.143. The number of hydrogen-bond donors (Lipinski definition) is 0. The lowest BCUT2D eigenvalue weighted by molar-refractivity contribution is -0.123. The van der Waals surface area contributed by atoms with Gasteiger partial charge in [-0.1, -0.05) is 39.7 Å². The quantitative estimate of drug-likeness (QED) is 0.270. The number of amides is 2. The number of allylic oxidation sites excluding steroid dienone is 2. The van der Waals surface area contributed by atoms with Crippen molar-refractivity contribution in [1.82, 2.24) is 0 Å². The molecule has 0 aromatic heterocycles. The van der Waals surface area contributed by atoms with Gasteiger partial charge in [-0.2, -0.15) is 0 Å². The van der Waals surface area contributed by atoms with Gasteiger partial charge < -0.3 is 4.74 Å². The number of halogens is 1. The van der Waals surface area contributed by atoms with Crippen LogP contribution in [0.3, 0.4) is 0 Å². The molecular weight excluding hydrogens is 474 g/mol. The van der Waals surface area contributed by atoms with Crippen molar-refractivity contribution in [3.05, 3.63) is 75.8 Å². The Hall–Kier alpha value is -3.06. The van der Waals surface area contributed by atoms with E-state index in [1.165, 1.54) is 22.6 Å². The third-order valence-electron chi connectivity index (χ3n) is 6.74. The number of anilines is 1. The van der Waals surface area contributed by atoms with E-state index in [-0.39, 0.29) is 53.4 Å². The third-order valence-corrected chi connectivity index (χ3v) is 7.27. The SMILES string of the molecule is CC1=CC2CC1C1C(=O)N(c3ccc(C(=O)OCC(=O)c4ccc(Br)cc4)cc3)C(=O)C21. The Bertz CT molecular complexity index is 1170. The molecule has 1 heterocycles. The zero-order chi connectivity index (χ0) is 22.6. The Morgan fingerprint density at radius 2 is 1.59 bits per heavy atom. The molecule has 7 heteroatoms. The molecule has 3 aliphatic rings. The van der Waals surface area contributed by atoms with Crippen LogP contribution >= 0.6 is 15.9 Å². The van der Waals surface area contributed by atoms with Gasteiger partial charge in [0.1, 0.15) is 0 Å². The highest BCUT2D eigenvalue weighted by atomic mass is 79.9. The Morgan fingerprint density at radius 3 is 2.28 bits per heavy atom. The number of imide groups is 1. The van der Waals surface area contributed by atoms with Gasteiger partial charge >= 0.3 is 5.97 Å². The van der Waals surface area contributed by atoms with Crippen LogP contribution < -0.4 is 4.90 Å². The lowest BCUT2D eigenvalue weighted by atomic mass is 9.82. The molecule has 1 aliphatic heterocycles. The van der Waals surface area contributed by atoms with E-state index in [0.29, 0.717) is 11.3 Å². The Labute approximate surface area is 193 Å². The van der Waals surface area contributed by atoms with Gasteiger partial charge in [0.05, 0.1) is 23.1 Å². The first-order valence-electron chi connectivity index (χ1n) is 10.5. The van der Waals surface area contributed by atoms with E-state index in [9.17, 15) is 19.2 Å². The van der Waals surface area contributed by atoms with Crippen LogP contribution in [0.15, 0.2) is 64.7 Å². The zero-order valence-corrected chi connectivity index (χ0v) is 18.9. The Kier molecular flexibility index (Phi) is 5.08. The van der Waals surface area contributed by atoms with Crippen molar-refractivity contribution >= 4 is 45.2 Å². The molecule has 162 valence electrons. The van der Waals surface area contributed by atoms with Crippen molar-refractivity contribution in [1.29, 1.82) is 0 Å². The van der Waals surface area contributed by atoms with Gasteiger partial charge in [0.25, 0.3) is 0 Å². The highest BCUT2D eigenvalue weighted by Crippen LogP contribution is 2.55. The van der Waals surface area contributed by atoms with Crippen molar-refractivity contribution in [2.45, 2.75) is 13.3 Å². The molecule has 6 nitrogen and oxygen atoms in total. The van der Waals surface area contributed by atoms with Crippen LogP contribution in [0.2, 0.25) is 0 Å². The highest BCUT2D eigenvalue weighted by Gasteiger charge is 2.60. The maximum Gasteiger partial charge on any atom is 0.338 e. The number of ketones is 1. The van der Waals surface area contributed by atoms with Crippen molar-refractivity contribution < 1.29 is 23.9 Å². The summed E-state index contributed by atoms with van der Waals surface area (Å²) in [5.41, 5.74) is 2.35. The fourth-order valence-corrected chi connectivity index (χ4v) is 5.47. The minimum Gasteiger partial charge on any atom is -0.454 e. The Morgan fingerprint density at radius 1 is 0.969 bits per heavy atom. The second-order valence-electron chi connectivity index (χ2n) is 8.53. The summed E-state index contributed by atoms with van der Waals surface area (Å²) < 4.78 is 5.99. The number of nitrogens with zero attached hydrogens (tertiary/aromatic N) is 1. The van der Waals surface area contributed by atoms with E-state index < -0.39 is 5.97 Å². The van der Waals surface area contributed by atoms with Gasteiger partial charge in [0, 0.05) is 10.0 Å². The molecule has 0 radical (unpaired) electrons. The second kappa shape index (κ2) is 7.81. The van der Waals surface area contributed by atoms with Crippen LogP contribution in [0.5, 0.6) is 0 Å². The lowest BCUT2D eigenvalue weighted by Crippen LogP contribution is -2.32. The first-order valence-corrected chi connectivity index (χ1v) is 11.3. The van der Waals surface area contributed by atoms with Crippen LogP contribution in [0, 0.1) is 23.7 Å². The first-order chi connectivity index (χ1) is 15.3. The van der Waals surface area contributed by atoms with Gasteiger partial charge in [0.2, 0.25) is 11.8 Å². The molecule has 2 aromatic rings. The number of hydrogen-bond acceptors (Lipinski definition) is 5. The predicted octanol–water partition coefficient (Wildman–Crippen LogP) is 4.19. The summed E-state index contributed by atoms with van der Waals surface area (Å²) in [4.78, 5) is 51.8. The predicted molar refractivity (Wildman–Crippen MR) is 120 cm³/mol. The topological polar surface area (TPSA) is 80.8 Å². The highest BCUT2D eigenvalue weighted by molar-refractivity contribution is 9.10. The molecule has 2 aliphatic carbocycles. The number of carbonyl (C=O) groups excluding carboxylic acids is 4. The smallest absolute Gasteiger partial charge is 0.338 e. The summed E-state index contributed by atoms with van der Waals surface area (Å²) in [7, 11) is 0. The summed E-state index contributed by atoms with van der Waals surface area (Å²) in [5.74, 6) is -1.51. The number of Topliss-reactive ketones (excluding diaryl/α,β-unsaturated/α-hetero) is 1. The second-order valence-corrected chi connectivity index (χ2v) is 9.45. The van der Waals surface area contributed by atoms with Gasteiger partial charge in [0.15, 0.2) is 12.4 Å². The van der Waals surface area contributed by atoms with Crippen LogP contribution in [0.25, 0.3) is 0 Å². The maximum absolute atomic E-state index is 13.0. The van der Waals surface area contributed by atoms with Crippen molar-refractivity contribution in [3.63, 3.8) is 0 Å². The van der Waals surface area contributed by atoms with Crippen molar-refractivity contribution in [2.75, 3.05) is 11.5 Å². The van der Waals surface area contributed by atoms with Crippen molar-refractivity contribution in [2.24, 2.45) is 23.7 Å². The molecule has 1 saturated heterocycles. The lowest BCUT2D eigenvalue weighted by Gasteiger charge is -2.19. The average Bonchev–Trinajstić information content (AvgIpc) is 3.42. The molecule has 2 fully saturated rings. The van der Waals surface area contributed by atoms with Gasteiger partial charge in [-0.3, -0.25) is 19.3 Å². The standard InChI is InChI=1S/C25H20BrNO5/c1-13-10-16-11-19(13)22-21(16)23(29)27(24(22)30)18-8-4-15(5-9-18)25(31)32-12-20(28)14-2-6-17(26)7-3-14/h2-10,16,19,21-22H,11-12H2,1H3. The van der Waals surface area contributed by atoms with Crippen LogP contribution in [-0.4, -0.2) is 30.2 Å². The summed E-state index contributed by atoms with van der Waals surface area (Å²) >= 11 is 3.31. The van der Waals surface area contributed by atoms with E-state index in [2.05, 4.69) is 22.0 Å². The monoisotopic (exact) mass is 493 g/mol. The van der Waals surface area contributed by atoms with E-state index in [1.54, 1.807) is 36.4 Å². The Balaban J connectivity index is 1.25. The summed E-state index contributed by atoms with van der Waals surface area (Å²) in [6.45, 7) is 1.66. The largest absolute Gasteiger partial charge is 0.454 e. The first kappa shape index (κ1) is 20.8. The fraction of sp³-hybridized carbons (Fsp3) is 0.280. The maximum atomic E-state index is 13.0. The minimum atomic E-state index is -0.643. The number of fused-ring (bicyclic) bond motifs is 5. The average molecular weight is 494 g/mol. The van der Waals surface area contributed by atoms with Gasteiger partial charge in [-0.15, -0.1) is 0 Å². The number of carbonyl (C=O) groups is 4. The molecule has 4 unspecified atom stereocenters. The molecule has 0 N–H and O–H groups in total. The van der Waals surface area contributed by atoms with Crippen LogP contribution in [-0.2, 0) is 14.3 Å². The summed E-state index contributed by atoms with van der Waals surface area (Å²) in [6, 6.07) is 13.0. The third kappa shape index (κ3) is 3.32. The molecule has 1 saturated carbocycles. The van der Waals surface area contributed by atoms with E-state index in [0.717, 1.165) is 10.9 Å². The number of rotatable bonds is 5. The number of esters is 1. The van der Waals surface area contributed by atoms with Crippen molar-refractivity contribution in [3.8, 4) is 0 Å². The molecule has 32 heavy (non-hydrogen) atoms. The molecule has 2 amide bonds. The van der Waals surface area contributed by atoms with E-state index >= 15 is 0 Å². The molecule has 2 aromatic carbocycles. The van der Waals surface area contributed by atoms with Crippen LogP contribution in [0.4, 0.5) is 5.69 Å². The molecular formula is C25H20BrNO5. The molecule has 0 spiro atoms. The fourth-order valence-electron chi connectivity index (χ4n) is 5.21. The van der Waals surface area contributed by atoms with Crippen LogP contribution in [0.1, 0.15) is 34.1 Å². The summed E-state index contributed by atoms with van der Waals surface area (Å²) in [5, 5.41) is 0. The number of benzene rings is 2. The zero-order valence-electron chi connectivity index (χ0n) is 17.3. The van der Waals surface area contributed by atoms with Gasteiger partial charge in [-0.25, -0.2) is 4.79 Å².